The van der Waals surface area contributed by atoms with Gasteiger partial charge >= 0.3 is 0 Å². The van der Waals surface area contributed by atoms with Crippen LogP contribution in [0.15, 0.2) is 12.2 Å². The quantitative estimate of drug-likeness (QED) is 0.197. The molecule has 1 aromatic carbocycles. The number of nitrogens with one attached hydrogen (secondary N) is 4. The number of rotatable bonds is 7. The minimum atomic E-state index is -0.382. The second kappa shape index (κ2) is 11.3. The molecule has 0 unspecified atom stereocenters. The summed E-state index contributed by atoms with van der Waals surface area (Å²) >= 11 is 6.01. The molecule has 0 radical (unpaired) electrons. The molecule has 0 atom stereocenters. The average Bonchev–Trinajstić information content (AvgIpc) is 2.58. The highest BCUT2D eigenvalue weighted by Crippen LogP contribution is 2.38. The third-order valence-electron chi connectivity index (χ3n) is 3.23. The summed E-state index contributed by atoms with van der Waals surface area (Å²) < 4.78 is 1.74. The van der Waals surface area contributed by atoms with Gasteiger partial charge in [-0.15, -0.1) is 0 Å². The minimum absolute atomic E-state index is 0.209. The molecule has 11 heteroatoms. The third-order valence-corrected chi connectivity index (χ3v) is 6.47. The lowest BCUT2D eigenvalue weighted by Crippen LogP contribution is -2.35. The number of benzene rings is 1. The molecule has 0 aliphatic carbocycles. The van der Waals surface area contributed by atoms with E-state index in [2.05, 4.69) is 27.8 Å². The number of anilines is 2. The first-order chi connectivity index (χ1) is 13.0. The van der Waals surface area contributed by atoms with Gasteiger partial charge in [-0.1, -0.05) is 6.58 Å². The fourth-order valence-corrected chi connectivity index (χ4v) is 6.22. The summed E-state index contributed by atoms with van der Waals surface area (Å²) in [4.78, 5) is 47.4. The number of hydrogen-bond acceptors (Lipinski definition) is 4. The van der Waals surface area contributed by atoms with Crippen LogP contribution < -0.4 is 21.3 Å². The van der Waals surface area contributed by atoms with Crippen molar-refractivity contribution in [1.82, 2.24) is 10.6 Å². The molecule has 28 heavy (non-hydrogen) atoms. The van der Waals surface area contributed by atoms with E-state index < -0.39 is 0 Å². The SMILES string of the molecule is C=C(C)C(=O)NCCNC(=O)c1c(I)c(NC(C)=O)c(I)c(NC(C)=O)c1I. The van der Waals surface area contributed by atoms with E-state index in [-0.39, 0.29) is 36.7 Å². The molecule has 1 rings (SSSR count). The smallest absolute Gasteiger partial charge is 0.253 e. The Hall–Kier alpha value is -0.970. The minimum Gasteiger partial charge on any atom is -0.351 e. The predicted molar refractivity (Wildman–Crippen MR) is 133 cm³/mol. The Bertz CT molecular complexity index is 812. The largest absolute Gasteiger partial charge is 0.351 e. The van der Waals surface area contributed by atoms with Gasteiger partial charge in [0.25, 0.3) is 5.91 Å². The molecule has 0 bridgehead atoms. The maximum Gasteiger partial charge on any atom is 0.253 e. The molecule has 0 fully saturated rings. The zero-order chi connectivity index (χ0) is 21.6. The molecule has 1 aromatic rings. The summed E-state index contributed by atoms with van der Waals surface area (Å²) in [6, 6.07) is 0. The maximum absolute atomic E-state index is 12.8. The summed E-state index contributed by atoms with van der Waals surface area (Å²) in [5.74, 6) is -1.25. The summed E-state index contributed by atoms with van der Waals surface area (Å²) in [5, 5.41) is 10.8. The average molecular weight is 724 g/mol. The molecule has 152 valence electrons. The fourth-order valence-electron chi connectivity index (χ4n) is 2.03. The maximum atomic E-state index is 12.8. The summed E-state index contributed by atoms with van der Waals surface area (Å²) in [6.45, 7) is 8.32. The zero-order valence-electron chi connectivity index (χ0n) is 15.4. The number of carbonyl (C=O) groups excluding carboxylic acids is 4. The Labute approximate surface area is 203 Å². The van der Waals surface area contributed by atoms with E-state index in [0.717, 1.165) is 0 Å². The summed E-state index contributed by atoms with van der Waals surface area (Å²) in [6.07, 6.45) is 0. The Morgan fingerprint density at radius 1 is 0.786 bits per heavy atom. The highest BCUT2D eigenvalue weighted by molar-refractivity contribution is 14.1. The molecule has 0 saturated heterocycles. The van der Waals surface area contributed by atoms with E-state index in [1.165, 1.54) is 13.8 Å². The molecule has 0 saturated carbocycles. The first-order valence-corrected chi connectivity index (χ1v) is 11.2. The number of amides is 4. The van der Waals surface area contributed by atoms with Crippen LogP contribution in [0.2, 0.25) is 0 Å². The van der Waals surface area contributed by atoms with E-state index in [1.807, 2.05) is 67.8 Å². The fraction of sp³-hybridized carbons (Fsp3) is 0.294. The van der Waals surface area contributed by atoms with Gasteiger partial charge in [0.05, 0.1) is 27.6 Å². The van der Waals surface area contributed by atoms with Crippen LogP contribution in [-0.4, -0.2) is 36.7 Å². The lowest BCUT2D eigenvalue weighted by Gasteiger charge is -2.19. The lowest BCUT2D eigenvalue weighted by atomic mass is 10.1. The van der Waals surface area contributed by atoms with Crippen LogP contribution in [0.1, 0.15) is 31.1 Å². The molecular formula is C17H19I3N4O4. The van der Waals surface area contributed by atoms with E-state index >= 15 is 0 Å². The Morgan fingerprint density at radius 3 is 1.61 bits per heavy atom. The standard InChI is InChI=1S/C17H19I3N4O4/c1-7(2)16(27)21-5-6-22-17(28)10-11(18)14(23-8(3)25)13(20)15(12(10)19)24-9(4)26/h1,5-6H2,2-4H3,(H,21,27)(H,22,28)(H,23,25)(H,24,26). The Morgan fingerprint density at radius 2 is 1.21 bits per heavy atom. The predicted octanol–water partition coefficient (Wildman–Crippen LogP) is 2.84. The summed E-state index contributed by atoms with van der Waals surface area (Å²) in [5.41, 5.74) is 1.63. The Balaban J connectivity index is 3.19. The van der Waals surface area contributed by atoms with Gasteiger partial charge in [-0.05, 0) is 74.7 Å². The summed E-state index contributed by atoms with van der Waals surface area (Å²) in [7, 11) is 0. The van der Waals surface area contributed by atoms with Crippen LogP contribution in [0.25, 0.3) is 0 Å². The van der Waals surface area contributed by atoms with Crippen LogP contribution in [-0.2, 0) is 14.4 Å². The van der Waals surface area contributed by atoms with Crippen LogP contribution in [0.3, 0.4) is 0 Å². The molecule has 0 heterocycles. The monoisotopic (exact) mass is 724 g/mol. The van der Waals surface area contributed by atoms with Crippen molar-refractivity contribution >= 4 is 103 Å². The van der Waals surface area contributed by atoms with Crippen LogP contribution in [0.5, 0.6) is 0 Å². The highest BCUT2D eigenvalue weighted by atomic mass is 127. The zero-order valence-corrected chi connectivity index (χ0v) is 21.9. The molecule has 0 aliphatic heterocycles. The van der Waals surface area contributed by atoms with Crippen LogP contribution in [0.4, 0.5) is 11.4 Å². The molecule has 0 aliphatic rings. The second-order valence-corrected chi connectivity index (χ2v) is 8.96. The first kappa shape index (κ1) is 25.1. The third kappa shape index (κ3) is 6.82. The van der Waals surface area contributed by atoms with Crippen LogP contribution >= 0.6 is 67.8 Å². The number of carbonyl (C=O) groups is 4. The lowest BCUT2D eigenvalue weighted by molar-refractivity contribution is -0.117. The molecular weight excluding hydrogens is 705 g/mol. The van der Waals surface area contributed by atoms with Gasteiger partial charge < -0.3 is 21.3 Å². The highest BCUT2D eigenvalue weighted by Gasteiger charge is 2.25. The van der Waals surface area contributed by atoms with Crippen molar-refractivity contribution in [3.63, 3.8) is 0 Å². The van der Waals surface area contributed by atoms with Gasteiger partial charge in [0.1, 0.15) is 0 Å². The normalized spacial score (nSPS) is 10.1. The second-order valence-electron chi connectivity index (χ2n) is 5.72. The Kier molecular flexibility index (Phi) is 10.1. The van der Waals surface area contributed by atoms with E-state index in [9.17, 15) is 19.2 Å². The van der Waals surface area contributed by atoms with Gasteiger partial charge in [0.15, 0.2) is 0 Å². The van der Waals surface area contributed by atoms with Gasteiger partial charge in [-0.2, -0.15) is 0 Å². The number of hydrogen-bond donors (Lipinski definition) is 4. The van der Waals surface area contributed by atoms with Crippen molar-refractivity contribution in [2.24, 2.45) is 0 Å². The van der Waals surface area contributed by atoms with Crippen molar-refractivity contribution in [2.75, 3.05) is 23.7 Å². The van der Waals surface area contributed by atoms with Gasteiger partial charge in [0.2, 0.25) is 17.7 Å². The van der Waals surface area contributed by atoms with Gasteiger partial charge in [-0.3, -0.25) is 19.2 Å². The van der Waals surface area contributed by atoms with Gasteiger partial charge in [0, 0.05) is 32.5 Å². The van der Waals surface area contributed by atoms with E-state index in [1.54, 1.807) is 6.92 Å². The van der Waals surface area contributed by atoms with E-state index in [0.29, 0.717) is 33.2 Å². The van der Waals surface area contributed by atoms with Crippen molar-refractivity contribution in [2.45, 2.75) is 20.8 Å². The van der Waals surface area contributed by atoms with Crippen molar-refractivity contribution in [3.8, 4) is 0 Å². The number of halogens is 3. The topological polar surface area (TPSA) is 116 Å². The molecule has 4 amide bonds. The van der Waals surface area contributed by atoms with Crippen molar-refractivity contribution in [3.05, 3.63) is 28.4 Å². The van der Waals surface area contributed by atoms with Gasteiger partial charge in [-0.25, -0.2) is 0 Å². The molecule has 0 aromatic heterocycles. The van der Waals surface area contributed by atoms with Crippen molar-refractivity contribution < 1.29 is 19.2 Å². The molecule has 0 spiro atoms. The molecule has 8 nitrogen and oxygen atoms in total. The van der Waals surface area contributed by atoms with Crippen LogP contribution in [0, 0.1) is 10.7 Å². The van der Waals surface area contributed by atoms with E-state index in [4.69, 9.17) is 0 Å². The first-order valence-electron chi connectivity index (χ1n) is 7.94. The molecule has 4 N–H and O–H groups in total. The van der Waals surface area contributed by atoms with Crippen molar-refractivity contribution in [1.29, 1.82) is 0 Å².